The van der Waals surface area contributed by atoms with E-state index in [4.69, 9.17) is 9.40 Å². The van der Waals surface area contributed by atoms with Crippen LogP contribution in [0.4, 0.5) is 0 Å². The number of nitrogens with zero attached hydrogens (tertiary/aromatic N) is 1. The van der Waals surface area contributed by atoms with Gasteiger partial charge in [-0.25, -0.2) is 0 Å². The maximum atomic E-state index is 12.2. The zero-order valence-electron chi connectivity index (χ0n) is 32.7. The average molecular weight is 893 g/mol. The molecule has 6 aromatic rings. The molecule has 3 aromatic heterocycles. The molecule has 0 spiro atoms. The Morgan fingerprint density at radius 3 is 2.17 bits per heavy atom. The van der Waals surface area contributed by atoms with Gasteiger partial charge < -0.3 is 9.52 Å². The smallest absolute Gasteiger partial charge is 0.164 e. The van der Waals surface area contributed by atoms with Crippen molar-refractivity contribution in [3.63, 3.8) is 0 Å². The number of ketones is 1. The minimum atomic E-state index is -0.337. The Labute approximate surface area is 328 Å². The van der Waals surface area contributed by atoms with Crippen molar-refractivity contribution in [2.24, 2.45) is 10.8 Å². The first-order valence-corrected chi connectivity index (χ1v) is 19.3. The number of hydrogen-bond acceptors (Lipinski definition) is 5. The van der Waals surface area contributed by atoms with Crippen molar-refractivity contribution in [2.45, 2.75) is 107 Å². The molecule has 0 aliphatic heterocycles. The summed E-state index contributed by atoms with van der Waals surface area (Å²) in [6.07, 6.45) is 6.60. The molecule has 0 saturated carbocycles. The predicted octanol–water partition coefficient (Wildman–Crippen LogP) is 13.9. The molecule has 0 aliphatic carbocycles. The van der Waals surface area contributed by atoms with Crippen LogP contribution in [0.5, 0.6) is 0 Å². The Hall–Kier alpha value is -3.57. The first-order valence-electron chi connectivity index (χ1n) is 18.4. The summed E-state index contributed by atoms with van der Waals surface area (Å²) in [6, 6.07) is 23.0. The number of aryl methyl sites for hydroxylation is 2. The second-order valence-electron chi connectivity index (χ2n) is 15.5. The van der Waals surface area contributed by atoms with Crippen molar-refractivity contribution in [3.05, 3.63) is 101 Å². The molecule has 0 amide bonds. The van der Waals surface area contributed by atoms with E-state index < -0.39 is 0 Å². The summed E-state index contributed by atoms with van der Waals surface area (Å²) in [5.41, 5.74) is 7.03. The van der Waals surface area contributed by atoms with Crippen molar-refractivity contribution < 1.29 is 34.4 Å². The number of hydrogen-bond donors (Lipinski definition) is 1. The zero-order valence-corrected chi connectivity index (χ0v) is 35.9. The number of aliphatic hydroxyl groups is 1. The second-order valence-corrected chi connectivity index (χ2v) is 16.5. The van der Waals surface area contributed by atoms with Crippen LogP contribution in [0.15, 0.2) is 82.4 Å². The molecule has 0 saturated heterocycles. The topological polar surface area (TPSA) is 63.3 Å². The van der Waals surface area contributed by atoms with Crippen LogP contribution in [-0.2, 0) is 30.3 Å². The fourth-order valence-corrected chi connectivity index (χ4v) is 7.62. The summed E-state index contributed by atoms with van der Waals surface area (Å²) in [5, 5.41) is 17.1. The van der Waals surface area contributed by atoms with Crippen LogP contribution in [-0.4, -0.2) is 15.9 Å². The van der Waals surface area contributed by atoms with Gasteiger partial charge in [-0.05, 0) is 79.0 Å². The number of carbonyl (C=O) groups is 1. The number of aromatic nitrogens is 1. The number of aliphatic hydroxyl groups excluding tert-OH is 1. The number of benzene rings is 3. The van der Waals surface area contributed by atoms with E-state index in [-0.39, 0.29) is 47.9 Å². The third kappa shape index (κ3) is 8.00. The van der Waals surface area contributed by atoms with Gasteiger partial charge in [-0.2, -0.15) is 0 Å². The molecule has 0 aliphatic rings. The van der Waals surface area contributed by atoms with E-state index in [9.17, 15) is 9.90 Å². The third-order valence-electron chi connectivity index (χ3n) is 11.3. The van der Waals surface area contributed by atoms with Gasteiger partial charge in [0.05, 0.1) is 0 Å². The molecule has 0 unspecified atom stereocenters. The molecular weight excluding hydrogens is 839 g/mol. The van der Waals surface area contributed by atoms with Gasteiger partial charge in [-0.3, -0.25) is 9.78 Å². The van der Waals surface area contributed by atoms with Crippen molar-refractivity contribution >= 4 is 48.9 Å². The van der Waals surface area contributed by atoms with Crippen molar-refractivity contribution in [1.82, 2.24) is 4.98 Å². The van der Waals surface area contributed by atoms with E-state index in [2.05, 4.69) is 94.6 Å². The fourth-order valence-electron chi connectivity index (χ4n) is 6.64. The van der Waals surface area contributed by atoms with Crippen LogP contribution < -0.4 is 0 Å². The van der Waals surface area contributed by atoms with E-state index in [1.165, 1.54) is 32.7 Å². The van der Waals surface area contributed by atoms with Crippen LogP contribution in [0.3, 0.4) is 0 Å². The Kier molecular flexibility index (Phi) is 12.8. The molecule has 1 radical (unpaired) electrons. The summed E-state index contributed by atoms with van der Waals surface area (Å²) >= 11 is 1.78. The fraction of sp³-hybridized carbons (Fsp3) is 0.391. The SMILES string of the molecule is CCC(C)(CC)C(=O)/C=C(\O)C(C)(CC)CC.Cc1csc2cc(-c3oc4ccnc(-c5[c-]c6ccccc6c(C(C)(C)C)c5)c4c3C)ccc12.[Ir]. The molecule has 0 bridgehead atoms. The first-order chi connectivity index (χ1) is 24.1. The molecule has 6 heteroatoms. The standard InChI is InChI=1S/C31H26NOS.C15H28O2.Ir/c1-18-17-34-27-16-21(10-11-23(18)27)30-19(2)28-26(33-30)12-13-32-29(28)22-14-20-8-6-7-9-24(20)25(15-22)31(3,4)5;1-7-14(5,8-2)12(16)11-13(17)15(6,9-3)10-4;/h6-13,15-17H,1-5H3;11,16H,7-10H2,1-6H3;/q-1;;/b;12-11-;. The maximum absolute atomic E-state index is 12.2. The number of carbonyl (C=O) groups excluding carboxylic acids is 1. The average Bonchev–Trinajstić information content (AvgIpc) is 3.68. The molecule has 277 valence electrons. The number of rotatable bonds is 9. The van der Waals surface area contributed by atoms with E-state index in [1.54, 1.807) is 11.3 Å². The van der Waals surface area contributed by atoms with Crippen LogP contribution in [0.25, 0.3) is 54.4 Å². The Morgan fingerprint density at radius 1 is 0.885 bits per heavy atom. The van der Waals surface area contributed by atoms with E-state index in [1.807, 2.05) is 53.8 Å². The molecule has 0 atom stereocenters. The number of allylic oxidation sites excluding steroid dienone is 2. The van der Waals surface area contributed by atoms with Gasteiger partial charge in [-0.15, -0.1) is 40.5 Å². The van der Waals surface area contributed by atoms with Crippen molar-refractivity contribution in [1.29, 1.82) is 0 Å². The molecule has 4 nitrogen and oxygen atoms in total. The van der Waals surface area contributed by atoms with Crippen LogP contribution in [0.1, 0.15) is 105 Å². The van der Waals surface area contributed by atoms with E-state index in [0.717, 1.165) is 70.2 Å². The van der Waals surface area contributed by atoms with Gasteiger partial charge in [0.2, 0.25) is 0 Å². The van der Waals surface area contributed by atoms with Gasteiger partial charge in [0.15, 0.2) is 5.78 Å². The quantitative estimate of drug-likeness (QED) is 0.0892. The Morgan fingerprint density at radius 2 is 1.54 bits per heavy atom. The molecule has 3 heterocycles. The Bertz CT molecular complexity index is 2220. The predicted molar refractivity (Wildman–Crippen MR) is 218 cm³/mol. The maximum Gasteiger partial charge on any atom is 0.164 e. The van der Waals surface area contributed by atoms with Crippen LogP contribution >= 0.6 is 11.3 Å². The van der Waals surface area contributed by atoms with Gasteiger partial charge in [0.1, 0.15) is 17.1 Å². The van der Waals surface area contributed by atoms with Crippen molar-refractivity contribution in [3.8, 4) is 22.6 Å². The summed E-state index contributed by atoms with van der Waals surface area (Å²) < 4.78 is 7.72. The zero-order chi connectivity index (χ0) is 37.3. The van der Waals surface area contributed by atoms with E-state index in [0.29, 0.717) is 0 Å². The summed E-state index contributed by atoms with van der Waals surface area (Å²) in [7, 11) is 0. The normalized spacial score (nSPS) is 12.6. The molecule has 3 aromatic carbocycles. The first kappa shape index (κ1) is 41.2. The van der Waals surface area contributed by atoms with Crippen LogP contribution in [0, 0.1) is 30.7 Å². The number of furan rings is 1. The summed E-state index contributed by atoms with van der Waals surface area (Å²) in [4.78, 5) is 17.0. The molecular formula is C46H54IrNO3S-. The number of fused-ring (bicyclic) bond motifs is 3. The summed E-state index contributed by atoms with van der Waals surface area (Å²) in [6.45, 7) is 23.2. The third-order valence-corrected chi connectivity index (χ3v) is 12.4. The van der Waals surface area contributed by atoms with Gasteiger partial charge in [-0.1, -0.05) is 104 Å². The van der Waals surface area contributed by atoms with Gasteiger partial charge in [0.25, 0.3) is 0 Å². The Balaban J connectivity index is 0.000000289. The molecule has 1 N–H and O–H groups in total. The van der Waals surface area contributed by atoms with E-state index >= 15 is 0 Å². The minimum absolute atomic E-state index is 0. The monoisotopic (exact) mass is 893 g/mol. The van der Waals surface area contributed by atoms with Crippen molar-refractivity contribution in [2.75, 3.05) is 0 Å². The van der Waals surface area contributed by atoms with Gasteiger partial charge in [0, 0.05) is 64.6 Å². The number of thiophene rings is 1. The number of pyridine rings is 1. The second kappa shape index (κ2) is 16.2. The largest absolute Gasteiger partial charge is 0.512 e. The molecule has 6 rings (SSSR count). The van der Waals surface area contributed by atoms with Gasteiger partial charge >= 0.3 is 0 Å². The van der Waals surface area contributed by atoms with Crippen LogP contribution in [0.2, 0.25) is 0 Å². The minimum Gasteiger partial charge on any atom is -0.512 e. The molecule has 52 heavy (non-hydrogen) atoms. The molecule has 0 fully saturated rings. The summed E-state index contributed by atoms with van der Waals surface area (Å²) in [5.74, 6) is 1.20.